The molecule has 1 fully saturated rings. The second-order valence-electron chi connectivity index (χ2n) is 7.54. The highest BCUT2D eigenvalue weighted by molar-refractivity contribution is 5.97. The molecule has 35 heavy (non-hydrogen) atoms. The lowest BCUT2D eigenvalue weighted by Crippen LogP contribution is -2.47. The molecule has 3 heterocycles. The van der Waals surface area contributed by atoms with E-state index < -0.39 is 0 Å². The lowest BCUT2D eigenvalue weighted by atomic mass is 10.1. The van der Waals surface area contributed by atoms with E-state index in [1.54, 1.807) is 17.1 Å². The average molecular weight is 478 g/mol. The van der Waals surface area contributed by atoms with Crippen LogP contribution in [0.5, 0.6) is 18.0 Å². The number of nitrogens with zero attached hydrogens (tertiary/aromatic N) is 5. The zero-order valence-corrected chi connectivity index (χ0v) is 19.3. The number of para-hydroxylation sites is 1. The van der Waals surface area contributed by atoms with Gasteiger partial charge in [-0.2, -0.15) is 0 Å². The summed E-state index contributed by atoms with van der Waals surface area (Å²) in [4.78, 5) is 27.5. The Kier molecular flexibility index (Phi) is 8.08. The normalized spacial score (nSPS) is 15.3. The third-order valence-corrected chi connectivity index (χ3v) is 5.08. The fourth-order valence-corrected chi connectivity index (χ4v) is 3.50. The first kappa shape index (κ1) is 24.0. The van der Waals surface area contributed by atoms with Crippen molar-refractivity contribution in [2.24, 2.45) is 0 Å². The third kappa shape index (κ3) is 6.24. The molecule has 3 aromatic rings. The molecule has 1 aromatic carbocycles. The zero-order valence-electron chi connectivity index (χ0n) is 19.3. The molecule has 1 amide bonds. The van der Waals surface area contributed by atoms with E-state index in [0.717, 1.165) is 5.69 Å². The summed E-state index contributed by atoms with van der Waals surface area (Å²) in [5.41, 5.74) is 1.45. The number of ether oxygens (including phenoxy) is 4. The number of aromatic nitrogens is 4. The van der Waals surface area contributed by atoms with E-state index >= 15 is 0 Å². The predicted octanol–water partition coefficient (Wildman–Crippen LogP) is 2.71. The highest BCUT2D eigenvalue weighted by Gasteiger charge is 2.27. The second kappa shape index (κ2) is 11.8. The summed E-state index contributed by atoms with van der Waals surface area (Å²) < 4.78 is 24.3. The molecule has 10 nitrogen and oxygen atoms in total. The molecule has 1 aliphatic rings. The average Bonchev–Trinajstić information content (AvgIpc) is 3.44. The van der Waals surface area contributed by atoms with Gasteiger partial charge in [0.15, 0.2) is 0 Å². The smallest absolute Gasteiger partial charge is 0.326 e. The van der Waals surface area contributed by atoms with Gasteiger partial charge < -0.3 is 28.4 Å². The van der Waals surface area contributed by atoms with Crippen molar-refractivity contribution in [3.8, 4) is 23.7 Å². The summed E-state index contributed by atoms with van der Waals surface area (Å²) in [7, 11) is 0. The van der Waals surface area contributed by atoms with Crippen molar-refractivity contribution in [3.05, 3.63) is 79.7 Å². The molecule has 0 radical (unpaired) electrons. The molecule has 0 aliphatic carbocycles. The van der Waals surface area contributed by atoms with Crippen LogP contribution in [-0.2, 0) is 4.74 Å². The van der Waals surface area contributed by atoms with Gasteiger partial charge in [0, 0.05) is 18.9 Å². The van der Waals surface area contributed by atoms with Gasteiger partial charge in [-0.15, -0.1) is 15.0 Å². The lowest BCUT2D eigenvalue weighted by Gasteiger charge is -2.33. The minimum Gasteiger partial charge on any atom is -0.460 e. The number of carbonyl (C=O) groups is 1. The van der Waals surface area contributed by atoms with Crippen LogP contribution >= 0.6 is 0 Å². The van der Waals surface area contributed by atoms with Gasteiger partial charge in [0.2, 0.25) is 0 Å². The Labute approximate surface area is 203 Å². The maximum atomic E-state index is 13.4. The quantitative estimate of drug-likeness (QED) is 0.389. The number of carbonyl (C=O) groups excluding carboxylic acids is 1. The van der Waals surface area contributed by atoms with Gasteiger partial charge in [-0.05, 0) is 24.3 Å². The van der Waals surface area contributed by atoms with Crippen molar-refractivity contribution in [1.82, 2.24) is 24.4 Å². The molecule has 2 aromatic heterocycles. The van der Waals surface area contributed by atoms with Crippen LogP contribution in [0.25, 0.3) is 5.69 Å². The van der Waals surface area contributed by atoms with Crippen LogP contribution in [0, 0.1) is 0 Å². The molecule has 0 saturated carbocycles. The van der Waals surface area contributed by atoms with E-state index in [1.807, 2.05) is 53.4 Å². The fourth-order valence-electron chi connectivity index (χ4n) is 3.50. The molecule has 1 atom stereocenters. The molecule has 4 rings (SSSR count). The summed E-state index contributed by atoms with van der Waals surface area (Å²) in [5, 5.41) is 0. The summed E-state index contributed by atoms with van der Waals surface area (Å²) in [6, 6.07) is 11.5. The van der Waals surface area contributed by atoms with E-state index in [1.165, 1.54) is 0 Å². The molecular weight excluding hydrogens is 450 g/mol. The first-order valence-corrected chi connectivity index (χ1v) is 11.2. The molecule has 10 heteroatoms. The first-order valence-electron chi connectivity index (χ1n) is 11.2. The summed E-state index contributed by atoms with van der Waals surface area (Å²) >= 11 is 0. The van der Waals surface area contributed by atoms with Crippen molar-refractivity contribution in [3.63, 3.8) is 0 Å². The number of rotatable bonds is 11. The van der Waals surface area contributed by atoms with Crippen molar-refractivity contribution in [2.75, 3.05) is 39.5 Å². The number of benzene rings is 1. The Morgan fingerprint density at radius 1 is 0.971 bits per heavy atom. The van der Waals surface area contributed by atoms with Crippen molar-refractivity contribution in [1.29, 1.82) is 0 Å². The molecular formula is C25H27N5O5. The van der Waals surface area contributed by atoms with Gasteiger partial charge in [-0.25, -0.2) is 0 Å². The van der Waals surface area contributed by atoms with Crippen LogP contribution < -0.4 is 14.2 Å². The van der Waals surface area contributed by atoms with Crippen LogP contribution in [0.2, 0.25) is 0 Å². The molecule has 1 unspecified atom stereocenters. The Morgan fingerprint density at radius 3 is 2.26 bits per heavy atom. The van der Waals surface area contributed by atoms with Gasteiger partial charge in [0.1, 0.15) is 25.9 Å². The Morgan fingerprint density at radius 2 is 1.60 bits per heavy atom. The standard InChI is InChI=1S/C25H27N5O5/c1-3-14-33-23-26-24(34-15-4-2)28-25(27-23)35-18-19-17-30(13-16-32-19)22(31)20-9-5-6-10-21(20)29-11-7-8-12-29/h3-12,19H,1-2,13-18H2. The van der Waals surface area contributed by atoms with Crippen molar-refractivity contribution >= 4 is 5.91 Å². The molecule has 0 N–H and O–H groups in total. The highest BCUT2D eigenvalue weighted by atomic mass is 16.6. The lowest BCUT2D eigenvalue weighted by molar-refractivity contribution is -0.0415. The Balaban J connectivity index is 1.42. The van der Waals surface area contributed by atoms with Gasteiger partial charge in [-0.3, -0.25) is 4.79 Å². The Hall–Kier alpha value is -4.18. The number of hydrogen-bond donors (Lipinski definition) is 0. The largest absolute Gasteiger partial charge is 0.460 e. The van der Waals surface area contributed by atoms with Gasteiger partial charge in [0.05, 0.1) is 24.4 Å². The first-order chi connectivity index (χ1) is 17.2. The van der Waals surface area contributed by atoms with E-state index in [9.17, 15) is 4.79 Å². The van der Waals surface area contributed by atoms with Crippen LogP contribution in [0.3, 0.4) is 0 Å². The highest BCUT2D eigenvalue weighted by Crippen LogP contribution is 2.20. The summed E-state index contributed by atoms with van der Waals surface area (Å²) in [6.07, 6.45) is 6.61. The predicted molar refractivity (Wildman–Crippen MR) is 128 cm³/mol. The van der Waals surface area contributed by atoms with Crippen LogP contribution in [-0.4, -0.2) is 75.9 Å². The van der Waals surface area contributed by atoms with Gasteiger partial charge >= 0.3 is 18.0 Å². The monoisotopic (exact) mass is 477 g/mol. The molecule has 0 spiro atoms. The molecule has 182 valence electrons. The number of hydrogen-bond acceptors (Lipinski definition) is 8. The van der Waals surface area contributed by atoms with E-state index in [2.05, 4.69) is 28.1 Å². The van der Waals surface area contributed by atoms with Gasteiger partial charge in [-0.1, -0.05) is 37.4 Å². The number of amides is 1. The van der Waals surface area contributed by atoms with Crippen molar-refractivity contribution < 1.29 is 23.7 Å². The maximum absolute atomic E-state index is 13.4. The fraction of sp³-hybridized carbons (Fsp3) is 0.280. The maximum Gasteiger partial charge on any atom is 0.326 e. The van der Waals surface area contributed by atoms with Crippen molar-refractivity contribution in [2.45, 2.75) is 6.10 Å². The molecule has 0 bridgehead atoms. The molecule has 1 aliphatic heterocycles. The van der Waals surface area contributed by atoms with Gasteiger partial charge in [0.25, 0.3) is 5.91 Å². The topological polar surface area (TPSA) is 101 Å². The van der Waals surface area contributed by atoms with Crippen LogP contribution in [0.4, 0.5) is 0 Å². The second-order valence-corrected chi connectivity index (χ2v) is 7.54. The third-order valence-electron chi connectivity index (χ3n) is 5.08. The van der Waals surface area contributed by atoms with E-state index in [-0.39, 0.29) is 49.9 Å². The number of morpholine rings is 1. The minimum absolute atomic E-state index is 0.0307. The molecule has 1 saturated heterocycles. The van der Waals surface area contributed by atoms with Crippen LogP contribution in [0.15, 0.2) is 74.1 Å². The summed E-state index contributed by atoms with van der Waals surface area (Å²) in [6.45, 7) is 9.03. The van der Waals surface area contributed by atoms with Crippen LogP contribution in [0.1, 0.15) is 10.4 Å². The van der Waals surface area contributed by atoms with E-state index in [4.69, 9.17) is 18.9 Å². The minimum atomic E-state index is -0.363. The van der Waals surface area contributed by atoms with E-state index in [0.29, 0.717) is 25.3 Å². The SMILES string of the molecule is C=CCOc1nc(OCC=C)nc(OCC2CN(C(=O)c3ccccc3-n3cccc3)CCO2)n1. The zero-order chi connectivity index (χ0) is 24.5. The summed E-state index contributed by atoms with van der Waals surface area (Å²) in [5.74, 6) is -0.0667. The Bertz CT molecular complexity index is 1120.